The second-order valence-corrected chi connectivity index (χ2v) is 11.2. The zero-order valence-electron chi connectivity index (χ0n) is 22.1. The molecule has 2 aromatic carbocycles. The highest BCUT2D eigenvalue weighted by Gasteiger charge is 2.50. The summed E-state index contributed by atoms with van der Waals surface area (Å²) in [5.41, 5.74) is 0.955. The third-order valence-corrected chi connectivity index (χ3v) is 8.73. The normalized spacial score (nSPS) is 23.1. The molecule has 1 aliphatic heterocycles. The lowest BCUT2D eigenvalue weighted by atomic mass is 9.62. The molecule has 1 amide bonds. The van der Waals surface area contributed by atoms with Crippen LogP contribution in [0, 0.1) is 5.92 Å². The zero-order valence-corrected chi connectivity index (χ0v) is 22.1. The van der Waals surface area contributed by atoms with Crippen molar-refractivity contribution in [1.29, 1.82) is 0 Å². The van der Waals surface area contributed by atoms with Crippen LogP contribution in [0.4, 0.5) is 18.9 Å². The number of alkyl halides is 3. The van der Waals surface area contributed by atoms with E-state index in [0.717, 1.165) is 30.8 Å². The van der Waals surface area contributed by atoms with Crippen molar-refractivity contribution in [2.75, 3.05) is 18.6 Å². The lowest BCUT2D eigenvalue weighted by molar-refractivity contribution is -0.138. The van der Waals surface area contributed by atoms with Gasteiger partial charge in [0.25, 0.3) is 5.91 Å². The predicted molar refractivity (Wildman–Crippen MR) is 139 cm³/mol. The Labute approximate surface area is 225 Å². The van der Waals surface area contributed by atoms with Gasteiger partial charge in [-0.3, -0.25) is 4.79 Å². The Hall–Kier alpha value is -3.24. The molecule has 2 fully saturated rings. The molecular formula is C29H32F3N5O2. The fourth-order valence-electron chi connectivity index (χ4n) is 6.27. The van der Waals surface area contributed by atoms with Crippen LogP contribution in [0.2, 0.25) is 0 Å². The van der Waals surface area contributed by atoms with Crippen molar-refractivity contribution in [1.82, 2.24) is 20.1 Å². The maximum absolute atomic E-state index is 14.2. The van der Waals surface area contributed by atoms with Crippen LogP contribution in [0.25, 0.3) is 0 Å². The van der Waals surface area contributed by atoms with Crippen molar-refractivity contribution in [3.63, 3.8) is 0 Å². The van der Waals surface area contributed by atoms with Crippen molar-refractivity contribution in [3.05, 3.63) is 76.4 Å². The molecule has 3 aromatic rings. The first-order valence-corrected chi connectivity index (χ1v) is 13.4. The Morgan fingerprint density at radius 3 is 2.62 bits per heavy atom. The number of hydrogen-bond donors (Lipinski definition) is 1. The molecule has 2 heterocycles. The van der Waals surface area contributed by atoms with Crippen LogP contribution in [0.3, 0.4) is 0 Å². The summed E-state index contributed by atoms with van der Waals surface area (Å²) in [4.78, 5) is 15.0. The van der Waals surface area contributed by atoms with Crippen LogP contribution in [-0.4, -0.2) is 40.4 Å². The van der Waals surface area contributed by atoms with Gasteiger partial charge < -0.3 is 19.5 Å². The molecular weight excluding hydrogens is 507 g/mol. The molecule has 0 spiro atoms. The number of carbonyl (C=O) groups is 1. The summed E-state index contributed by atoms with van der Waals surface area (Å²) in [6, 6.07) is 10.3. The number of benzene rings is 2. The SMILES string of the molecule is CO[C@H]1C[C@](c2cccc(N3Cc4c(cc(CNCC5CCC5)cc4C(F)(F)F)C3=O)c2)(c2nncn2C)C1. The number of carbonyl (C=O) groups excluding carboxylic acids is 1. The van der Waals surface area contributed by atoms with Gasteiger partial charge in [-0.1, -0.05) is 18.6 Å². The van der Waals surface area contributed by atoms with E-state index in [9.17, 15) is 18.0 Å². The number of nitrogens with one attached hydrogen (secondary N) is 1. The van der Waals surface area contributed by atoms with E-state index >= 15 is 0 Å². The van der Waals surface area contributed by atoms with Crippen LogP contribution >= 0.6 is 0 Å². The average Bonchev–Trinajstić information content (AvgIpc) is 3.43. The monoisotopic (exact) mass is 539 g/mol. The number of hydrogen-bond acceptors (Lipinski definition) is 5. The maximum Gasteiger partial charge on any atom is 0.416 e. The zero-order chi connectivity index (χ0) is 27.4. The van der Waals surface area contributed by atoms with Gasteiger partial charge in [-0.15, -0.1) is 10.2 Å². The van der Waals surface area contributed by atoms with Gasteiger partial charge in [-0.25, -0.2) is 0 Å². The lowest BCUT2D eigenvalue weighted by Crippen LogP contribution is -2.48. The Morgan fingerprint density at radius 1 is 1.18 bits per heavy atom. The second kappa shape index (κ2) is 9.75. The molecule has 1 N–H and O–H groups in total. The average molecular weight is 540 g/mol. The first-order chi connectivity index (χ1) is 18.7. The van der Waals surface area contributed by atoms with E-state index in [1.54, 1.807) is 25.6 Å². The van der Waals surface area contributed by atoms with Crippen molar-refractivity contribution in [2.45, 2.75) is 62.9 Å². The third-order valence-electron chi connectivity index (χ3n) is 8.73. The molecule has 39 heavy (non-hydrogen) atoms. The van der Waals surface area contributed by atoms with E-state index in [4.69, 9.17) is 4.74 Å². The minimum Gasteiger partial charge on any atom is -0.381 e. The van der Waals surface area contributed by atoms with Gasteiger partial charge in [-0.05, 0) is 79.1 Å². The topological polar surface area (TPSA) is 72.3 Å². The van der Waals surface area contributed by atoms with Gasteiger partial charge in [0, 0.05) is 32.0 Å². The molecule has 3 aliphatic rings. The summed E-state index contributed by atoms with van der Waals surface area (Å²) in [6.45, 7) is 0.957. The van der Waals surface area contributed by atoms with Crippen LogP contribution in [-0.2, 0) is 36.5 Å². The van der Waals surface area contributed by atoms with E-state index in [-0.39, 0.29) is 23.8 Å². The Bertz CT molecular complexity index is 1390. The first kappa shape index (κ1) is 26.0. The van der Waals surface area contributed by atoms with Crippen LogP contribution in [0.5, 0.6) is 0 Å². The highest BCUT2D eigenvalue weighted by atomic mass is 19.4. The molecule has 0 bridgehead atoms. The number of nitrogens with zero attached hydrogens (tertiary/aromatic N) is 4. The summed E-state index contributed by atoms with van der Waals surface area (Å²) in [7, 11) is 3.57. The molecule has 6 rings (SSSR count). The van der Waals surface area contributed by atoms with Gasteiger partial charge in [0.15, 0.2) is 0 Å². The molecule has 0 atom stereocenters. The standard InChI is InChI=1S/C29H32F3N5O2/c1-36-17-34-35-27(36)28(12-22(13-28)39-2)20-7-4-8-21(11-20)37-16-24-23(26(37)38)9-19(10-25(24)29(30,31)32)15-33-14-18-5-3-6-18/h4,7-11,17-18,22,33H,3,5-6,12-16H2,1-2H3/t22-,28-. The molecule has 206 valence electrons. The number of anilines is 1. The fourth-order valence-corrected chi connectivity index (χ4v) is 6.27. The number of fused-ring (bicyclic) bond motifs is 1. The van der Waals surface area contributed by atoms with Gasteiger partial charge in [0.1, 0.15) is 12.2 Å². The van der Waals surface area contributed by atoms with Gasteiger partial charge in [0.2, 0.25) is 0 Å². The number of aryl methyl sites for hydroxylation is 1. The number of amides is 1. The summed E-state index contributed by atoms with van der Waals surface area (Å²) in [6.07, 6.45) is 2.08. The molecule has 7 nitrogen and oxygen atoms in total. The predicted octanol–water partition coefficient (Wildman–Crippen LogP) is 4.98. The van der Waals surface area contributed by atoms with Crippen molar-refractivity contribution < 1.29 is 22.7 Å². The summed E-state index contributed by atoms with van der Waals surface area (Å²) in [5.74, 6) is 0.970. The minimum atomic E-state index is -4.55. The Morgan fingerprint density at radius 2 is 1.97 bits per heavy atom. The minimum absolute atomic E-state index is 0.0340. The van der Waals surface area contributed by atoms with Crippen molar-refractivity contribution >= 4 is 11.6 Å². The molecule has 2 saturated carbocycles. The van der Waals surface area contributed by atoms with Crippen LogP contribution in [0.15, 0.2) is 42.7 Å². The Kier molecular flexibility index (Phi) is 6.50. The Balaban J connectivity index is 1.31. The van der Waals surface area contributed by atoms with E-state index in [1.807, 2.05) is 29.8 Å². The number of rotatable bonds is 8. The smallest absolute Gasteiger partial charge is 0.381 e. The summed E-state index contributed by atoms with van der Waals surface area (Å²) < 4.78 is 49.9. The largest absolute Gasteiger partial charge is 0.416 e. The van der Waals surface area contributed by atoms with Crippen molar-refractivity contribution in [3.8, 4) is 0 Å². The molecule has 0 radical (unpaired) electrons. The van der Waals surface area contributed by atoms with E-state index in [1.165, 1.54) is 17.4 Å². The molecule has 0 unspecified atom stereocenters. The fraction of sp³-hybridized carbons (Fsp3) is 0.483. The maximum atomic E-state index is 14.2. The second-order valence-electron chi connectivity index (χ2n) is 11.2. The van der Waals surface area contributed by atoms with Crippen LogP contribution < -0.4 is 10.2 Å². The number of methoxy groups -OCH3 is 1. The van der Waals surface area contributed by atoms with E-state index in [2.05, 4.69) is 15.5 Å². The van der Waals surface area contributed by atoms with Gasteiger partial charge in [-0.2, -0.15) is 13.2 Å². The van der Waals surface area contributed by atoms with Crippen LogP contribution in [0.1, 0.15) is 70.5 Å². The summed E-state index contributed by atoms with van der Waals surface area (Å²) >= 11 is 0. The number of ether oxygens (including phenoxy) is 1. The lowest BCUT2D eigenvalue weighted by Gasteiger charge is -2.46. The van der Waals surface area contributed by atoms with Crippen molar-refractivity contribution in [2.24, 2.45) is 13.0 Å². The van der Waals surface area contributed by atoms with Gasteiger partial charge in [0.05, 0.1) is 23.6 Å². The molecule has 1 aromatic heterocycles. The number of aromatic nitrogens is 3. The third kappa shape index (κ3) is 4.53. The van der Waals surface area contributed by atoms with Gasteiger partial charge >= 0.3 is 6.18 Å². The number of halogens is 3. The van der Waals surface area contributed by atoms with E-state index < -0.39 is 23.1 Å². The summed E-state index contributed by atoms with van der Waals surface area (Å²) in [5, 5.41) is 11.7. The molecule has 10 heteroatoms. The van der Waals surface area contributed by atoms with E-state index in [0.29, 0.717) is 36.6 Å². The quantitative estimate of drug-likeness (QED) is 0.437. The first-order valence-electron chi connectivity index (χ1n) is 13.4. The highest BCUT2D eigenvalue weighted by Crippen LogP contribution is 2.50. The highest BCUT2D eigenvalue weighted by molar-refractivity contribution is 6.10. The molecule has 0 saturated heterocycles. The molecule has 2 aliphatic carbocycles.